The van der Waals surface area contributed by atoms with Gasteiger partial charge >= 0.3 is 0 Å². The van der Waals surface area contributed by atoms with E-state index in [0.29, 0.717) is 5.02 Å². The molecule has 0 unspecified atom stereocenters. The first kappa shape index (κ1) is 13.1. The van der Waals surface area contributed by atoms with E-state index >= 15 is 0 Å². The van der Waals surface area contributed by atoms with E-state index in [1.807, 2.05) is 13.1 Å². The average molecular weight is 265 g/mol. The van der Waals surface area contributed by atoms with Crippen LogP contribution >= 0.6 is 11.6 Å². The maximum atomic E-state index is 6.01. The number of pyridine rings is 1. The predicted octanol–water partition coefficient (Wildman–Crippen LogP) is 2.73. The minimum Gasteiger partial charge on any atom is -0.313 e. The molecule has 0 fully saturated rings. The molecule has 0 radical (unpaired) electrons. The Morgan fingerprint density at radius 3 is 2.89 bits per heavy atom. The van der Waals surface area contributed by atoms with E-state index in [0.717, 1.165) is 36.5 Å². The van der Waals surface area contributed by atoms with Crippen molar-refractivity contribution in [2.75, 3.05) is 6.54 Å². The quantitative estimate of drug-likeness (QED) is 0.845. The molecule has 1 N–H and O–H groups in total. The second-order valence-corrected chi connectivity index (χ2v) is 4.64. The number of halogens is 1. The number of nitrogens with zero attached hydrogens (tertiary/aromatic N) is 3. The first-order valence-corrected chi connectivity index (χ1v) is 6.45. The maximum Gasteiger partial charge on any atom is 0.0832 e. The minimum atomic E-state index is 0.671. The summed E-state index contributed by atoms with van der Waals surface area (Å²) in [6.07, 6.45) is 6.58. The summed E-state index contributed by atoms with van der Waals surface area (Å²) in [5, 5.41) is 8.36. The molecule has 0 spiro atoms. The van der Waals surface area contributed by atoms with Gasteiger partial charge in [0.05, 0.1) is 22.6 Å². The standard InChI is InChI=1S/C13H17ClN4/c1-3-4-15-6-11-5-12(8-16-7-11)18-9-13(14)10(2)17-18/h5,7-9,15H,3-4,6H2,1-2H3. The van der Waals surface area contributed by atoms with Crippen molar-refractivity contribution in [1.29, 1.82) is 0 Å². The Kier molecular flexibility index (Phi) is 4.33. The molecule has 0 aliphatic carbocycles. The van der Waals surface area contributed by atoms with Crippen LogP contribution in [0.1, 0.15) is 24.6 Å². The van der Waals surface area contributed by atoms with Crippen LogP contribution in [-0.2, 0) is 6.54 Å². The summed E-state index contributed by atoms with van der Waals surface area (Å²) in [6.45, 7) is 5.87. The average Bonchev–Trinajstić information content (AvgIpc) is 2.71. The van der Waals surface area contributed by atoms with E-state index < -0.39 is 0 Å². The zero-order valence-corrected chi connectivity index (χ0v) is 11.4. The lowest BCUT2D eigenvalue weighted by Crippen LogP contribution is -2.14. The van der Waals surface area contributed by atoms with Crippen LogP contribution in [-0.4, -0.2) is 21.3 Å². The molecular formula is C13H17ClN4. The minimum absolute atomic E-state index is 0.671. The molecule has 0 amide bonds. The van der Waals surface area contributed by atoms with Gasteiger partial charge in [-0.15, -0.1) is 0 Å². The maximum absolute atomic E-state index is 6.01. The zero-order chi connectivity index (χ0) is 13.0. The van der Waals surface area contributed by atoms with Crippen molar-refractivity contribution < 1.29 is 0 Å². The summed E-state index contributed by atoms with van der Waals surface area (Å²) >= 11 is 6.01. The zero-order valence-electron chi connectivity index (χ0n) is 10.7. The third-order valence-electron chi connectivity index (χ3n) is 2.64. The van der Waals surface area contributed by atoms with Gasteiger partial charge in [0.25, 0.3) is 0 Å². The van der Waals surface area contributed by atoms with Gasteiger partial charge in [-0.25, -0.2) is 4.68 Å². The first-order chi connectivity index (χ1) is 8.70. The van der Waals surface area contributed by atoms with Crippen molar-refractivity contribution in [3.05, 3.63) is 40.9 Å². The van der Waals surface area contributed by atoms with E-state index in [2.05, 4.69) is 28.4 Å². The van der Waals surface area contributed by atoms with Crippen LogP contribution in [0.5, 0.6) is 0 Å². The molecule has 2 aromatic rings. The third kappa shape index (κ3) is 3.09. The highest BCUT2D eigenvalue weighted by molar-refractivity contribution is 6.31. The molecule has 2 rings (SSSR count). The Morgan fingerprint density at radius 2 is 2.22 bits per heavy atom. The second kappa shape index (κ2) is 5.98. The Balaban J connectivity index is 2.16. The number of nitrogens with one attached hydrogen (secondary N) is 1. The van der Waals surface area contributed by atoms with Crippen molar-refractivity contribution >= 4 is 11.6 Å². The first-order valence-electron chi connectivity index (χ1n) is 6.07. The fourth-order valence-electron chi connectivity index (χ4n) is 1.68. The van der Waals surface area contributed by atoms with Gasteiger partial charge in [0, 0.05) is 18.9 Å². The van der Waals surface area contributed by atoms with Gasteiger partial charge in [-0.05, 0) is 31.5 Å². The van der Waals surface area contributed by atoms with Crippen molar-refractivity contribution in [3.63, 3.8) is 0 Å². The summed E-state index contributed by atoms with van der Waals surface area (Å²) in [4.78, 5) is 4.23. The SMILES string of the molecule is CCCNCc1cncc(-n2cc(Cl)c(C)n2)c1. The highest BCUT2D eigenvalue weighted by Gasteiger charge is 2.05. The summed E-state index contributed by atoms with van der Waals surface area (Å²) in [5.41, 5.74) is 2.90. The monoisotopic (exact) mass is 264 g/mol. The molecule has 18 heavy (non-hydrogen) atoms. The van der Waals surface area contributed by atoms with E-state index in [4.69, 9.17) is 11.6 Å². The molecule has 0 bridgehead atoms. The van der Waals surface area contributed by atoms with Gasteiger partial charge in [-0.1, -0.05) is 18.5 Å². The number of aromatic nitrogens is 3. The topological polar surface area (TPSA) is 42.7 Å². The van der Waals surface area contributed by atoms with E-state index in [1.165, 1.54) is 0 Å². The third-order valence-corrected chi connectivity index (χ3v) is 3.01. The molecule has 4 nitrogen and oxygen atoms in total. The smallest absolute Gasteiger partial charge is 0.0832 e. The van der Waals surface area contributed by atoms with Crippen molar-refractivity contribution in [1.82, 2.24) is 20.1 Å². The van der Waals surface area contributed by atoms with E-state index in [9.17, 15) is 0 Å². The van der Waals surface area contributed by atoms with Crippen molar-refractivity contribution in [3.8, 4) is 5.69 Å². The fourth-order valence-corrected chi connectivity index (χ4v) is 1.81. The number of hydrogen-bond acceptors (Lipinski definition) is 3. The number of hydrogen-bond donors (Lipinski definition) is 1. The van der Waals surface area contributed by atoms with Crippen LogP contribution < -0.4 is 5.32 Å². The molecule has 0 aliphatic heterocycles. The van der Waals surface area contributed by atoms with Crippen LogP contribution in [0.25, 0.3) is 5.69 Å². The Morgan fingerprint density at radius 1 is 1.39 bits per heavy atom. The summed E-state index contributed by atoms with van der Waals surface area (Å²) in [5.74, 6) is 0. The normalized spacial score (nSPS) is 10.8. The molecule has 5 heteroatoms. The van der Waals surface area contributed by atoms with E-state index in [1.54, 1.807) is 17.1 Å². The Hall–Kier alpha value is -1.39. The lowest BCUT2D eigenvalue weighted by molar-refractivity contribution is 0.673. The molecule has 96 valence electrons. The van der Waals surface area contributed by atoms with Gasteiger partial charge in [-0.3, -0.25) is 4.98 Å². The number of rotatable bonds is 5. The van der Waals surface area contributed by atoms with Crippen molar-refractivity contribution in [2.45, 2.75) is 26.8 Å². The highest BCUT2D eigenvalue weighted by Crippen LogP contribution is 2.16. The number of aryl methyl sites for hydroxylation is 1. The van der Waals surface area contributed by atoms with Crippen LogP contribution in [0.2, 0.25) is 5.02 Å². The largest absolute Gasteiger partial charge is 0.313 e. The Bertz CT molecular complexity index is 502. The summed E-state index contributed by atoms with van der Waals surface area (Å²) in [6, 6.07) is 2.07. The molecule has 2 aromatic heterocycles. The lowest BCUT2D eigenvalue weighted by atomic mass is 10.2. The van der Waals surface area contributed by atoms with Crippen LogP contribution in [0.3, 0.4) is 0 Å². The van der Waals surface area contributed by atoms with Gasteiger partial charge in [0.15, 0.2) is 0 Å². The molecule has 2 heterocycles. The van der Waals surface area contributed by atoms with Gasteiger partial charge in [0.1, 0.15) is 0 Å². The molecule has 0 saturated carbocycles. The van der Waals surface area contributed by atoms with Gasteiger partial charge in [0.2, 0.25) is 0 Å². The fraction of sp³-hybridized carbons (Fsp3) is 0.385. The van der Waals surface area contributed by atoms with Gasteiger partial charge < -0.3 is 5.32 Å². The van der Waals surface area contributed by atoms with Crippen LogP contribution in [0.4, 0.5) is 0 Å². The van der Waals surface area contributed by atoms with Gasteiger partial charge in [-0.2, -0.15) is 5.10 Å². The molecule has 0 aromatic carbocycles. The second-order valence-electron chi connectivity index (χ2n) is 4.24. The predicted molar refractivity (Wildman–Crippen MR) is 73.1 cm³/mol. The van der Waals surface area contributed by atoms with Crippen molar-refractivity contribution in [2.24, 2.45) is 0 Å². The summed E-state index contributed by atoms with van der Waals surface area (Å²) in [7, 11) is 0. The molecule has 0 saturated heterocycles. The lowest BCUT2D eigenvalue weighted by Gasteiger charge is -2.05. The van der Waals surface area contributed by atoms with Crippen LogP contribution in [0.15, 0.2) is 24.7 Å². The summed E-state index contributed by atoms with van der Waals surface area (Å²) < 4.78 is 1.76. The highest BCUT2D eigenvalue weighted by atomic mass is 35.5. The van der Waals surface area contributed by atoms with Crippen LogP contribution in [0, 0.1) is 6.92 Å². The Labute approximate surface area is 112 Å². The molecule has 0 aliphatic rings. The molecule has 0 atom stereocenters. The van der Waals surface area contributed by atoms with E-state index in [-0.39, 0.29) is 0 Å². The molecular weight excluding hydrogens is 248 g/mol.